The first-order chi connectivity index (χ1) is 17.7. The lowest BCUT2D eigenvalue weighted by molar-refractivity contribution is 0.229. The van der Waals surface area contributed by atoms with Gasteiger partial charge in [-0.15, -0.1) is 0 Å². The average Bonchev–Trinajstić information content (AvgIpc) is 3.33. The molecule has 0 aliphatic rings. The van der Waals surface area contributed by atoms with Crippen LogP contribution in [-0.4, -0.2) is 33.6 Å². The quantitative estimate of drug-likeness (QED) is 0.162. The van der Waals surface area contributed by atoms with Gasteiger partial charge in [0.1, 0.15) is 23.2 Å². The second-order valence-electron chi connectivity index (χ2n) is 8.68. The Labute approximate surface area is 215 Å². The Hall–Kier alpha value is -4.53. The number of hydrogen-bond donors (Lipinski definition) is 4. The zero-order valence-corrected chi connectivity index (χ0v) is 21.0. The minimum Gasteiger partial charge on any atom is -0.508 e. The van der Waals surface area contributed by atoms with E-state index >= 15 is 4.39 Å². The molecule has 0 atom stereocenters. The van der Waals surface area contributed by atoms with Crippen LogP contribution in [0.15, 0.2) is 66.9 Å². The fourth-order valence-electron chi connectivity index (χ4n) is 3.89. The fourth-order valence-corrected chi connectivity index (χ4v) is 3.89. The molecule has 3 aromatic carbocycles. The van der Waals surface area contributed by atoms with Crippen LogP contribution in [0, 0.1) is 11.2 Å². The van der Waals surface area contributed by atoms with Crippen LogP contribution in [0.5, 0.6) is 17.2 Å². The lowest BCUT2D eigenvalue weighted by Crippen LogP contribution is -2.20. The summed E-state index contributed by atoms with van der Waals surface area (Å²) >= 11 is 0. The molecule has 0 unspecified atom stereocenters. The van der Waals surface area contributed by atoms with Gasteiger partial charge in [0.15, 0.2) is 11.6 Å². The predicted octanol–water partition coefficient (Wildman–Crippen LogP) is 5.73. The number of H-pyrrole nitrogens is 1. The van der Waals surface area contributed by atoms with Gasteiger partial charge in [-0.3, -0.25) is 5.41 Å². The van der Waals surface area contributed by atoms with E-state index in [1.54, 1.807) is 65.7 Å². The molecule has 0 spiro atoms. The number of nitrogens with one attached hydrogen (secondary N) is 2. The van der Waals surface area contributed by atoms with Crippen LogP contribution >= 0.6 is 0 Å². The number of ether oxygens (including phenoxy) is 2. The van der Waals surface area contributed by atoms with Gasteiger partial charge in [0.2, 0.25) is 0 Å². The standard InChI is InChI=1S/C28H30FN5O3/c1-4-36-22-13-24(27(29)25(14-22)37-17(2)3)34(20-10-8-18(9-11-20)28(30)31)16-26-32-15-23(33-26)19-6-5-7-21(35)12-19/h5-15,17,35H,4,16H2,1-3H3,(H3,30,31)(H,32,33). The molecule has 5 N–H and O–H groups in total. The third-order valence-corrected chi connectivity index (χ3v) is 5.53. The lowest BCUT2D eigenvalue weighted by atomic mass is 10.1. The van der Waals surface area contributed by atoms with Gasteiger partial charge in [0.05, 0.1) is 30.6 Å². The highest BCUT2D eigenvalue weighted by Gasteiger charge is 2.22. The number of aromatic hydroxyl groups is 1. The molecule has 0 radical (unpaired) electrons. The zero-order chi connectivity index (χ0) is 26.5. The molecule has 0 saturated carbocycles. The maximum atomic E-state index is 15.9. The van der Waals surface area contributed by atoms with Gasteiger partial charge >= 0.3 is 0 Å². The number of aromatic nitrogens is 2. The molecule has 192 valence electrons. The molecule has 8 nitrogen and oxygen atoms in total. The first-order valence-corrected chi connectivity index (χ1v) is 11.9. The van der Waals surface area contributed by atoms with Crippen LogP contribution in [0.4, 0.5) is 15.8 Å². The summed E-state index contributed by atoms with van der Waals surface area (Å²) < 4.78 is 27.4. The molecule has 1 aromatic heterocycles. The number of nitrogen functional groups attached to an aromatic ring is 1. The second-order valence-corrected chi connectivity index (χ2v) is 8.68. The van der Waals surface area contributed by atoms with E-state index in [9.17, 15) is 5.11 Å². The Morgan fingerprint density at radius 1 is 1.16 bits per heavy atom. The summed E-state index contributed by atoms with van der Waals surface area (Å²) in [6.45, 7) is 6.11. The minimum absolute atomic E-state index is 0.0583. The Morgan fingerprint density at radius 3 is 2.57 bits per heavy atom. The zero-order valence-electron chi connectivity index (χ0n) is 21.0. The van der Waals surface area contributed by atoms with Crippen molar-refractivity contribution in [2.75, 3.05) is 11.5 Å². The maximum Gasteiger partial charge on any atom is 0.188 e. The van der Waals surface area contributed by atoms with Crippen molar-refractivity contribution in [3.05, 3.63) is 84.1 Å². The van der Waals surface area contributed by atoms with Gasteiger partial charge in [-0.25, -0.2) is 9.37 Å². The van der Waals surface area contributed by atoms with E-state index in [2.05, 4.69) is 9.97 Å². The molecule has 4 aromatic rings. The molecule has 0 fully saturated rings. The Balaban J connectivity index is 1.79. The number of phenols is 1. The summed E-state index contributed by atoms with van der Waals surface area (Å²) in [7, 11) is 0. The van der Waals surface area contributed by atoms with E-state index in [1.807, 2.05) is 26.8 Å². The topological polar surface area (TPSA) is 120 Å². The molecule has 1 heterocycles. The van der Waals surface area contributed by atoms with E-state index in [1.165, 1.54) is 0 Å². The van der Waals surface area contributed by atoms with E-state index in [0.717, 1.165) is 5.56 Å². The van der Waals surface area contributed by atoms with Crippen molar-refractivity contribution in [2.24, 2.45) is 5.73 Å². The van der Waals surface area contributed by atoms with Crippen molar-refractivity contribution < 1.29 is 19.0 Å². The molecule has 37 heavy (non-hydrogen) atoms. The van der Waals surface area contributed by atoms with E-state index in [0.29, 0.717) is 35.1 Å². The molecule has 0 bridgehead atoms. The summed E-state index contributed by atoms with van der Waals surface area (Å²) in [5.74, 6) is 0.675. The lowest BCUT2D eigenvalue weighted by Gasteiger charge is -2.26. The van der Waals surface area contributed by atoms with Crippen LogP contribution < -0.4 is 20.1 Å². The van der Waals surface area contributed by atoms with Gasteiger partial charge in [0, 0.05) is 35.1 Å². The van der Waals surface area contributed by atoms with Gasteiger partial charge < -0.3 is 30.2 Å². The summed E-state index contributed by atoms with van der Waals surface area (Å²) in [5.41, 5.74) is 8.48. The summed E-state index contributed by atoms with van der Waals surface area (Å²) in [5, 5.41) is 17.5. The van der Waals surface area contributed by atoms with Crippen LogP contribution in [0.1, 0.15) is 32.2 Å². The number of nitrogens with zero attached hydrogens (tertiary/aromatic N) is 2. The van der Waals surface area contributed by atoms with Gasteiger partial charge in [0.25, 0.3) is 0 Å². The maximum absolute atomic E-state index is 15.9. The van der Waals surface area contributed by atoms with Crippen LogP contribution in [0.25, 0.3) is 11.3 Å². The number of halogens is 1. The monoisotopic (exact) mass is 503 g/mol. The van der Waals surface area contributed by atoms with Crippen LogP contribution in [-0.2, 0) is 6.54 Å². The molecular formula is C28H30FN5O3. The fraction of sp³-hybridized carbons (Fsp3) is 0.214. The van der Waals surface area contributed by atoms with Gasteiger partial charge in [-0.2, -0.15) is 0 Å². The number of imidazole rings is 1. The minimum atomic E-state index is -0.535. The van der Waals surface area contributed by atoms with Crippen molar-refractivity contribution >= 4 is 17.2 Å². The number of hydrogen-bond acceptors (Lipinski definition) is 6. The highest BCUT2D eigenvalue weighted by molar-refractivity contribution is 5.95. The van der Waals surface area contributed by atoms with E-state index in [-0.39, 0.29) is 35.7 Å². The van der Waals surface area contributed by atoms with Gasteiger partial charge in [-0.05, 0) is 57.2 Å². The number of benzene rings is 3. The summed E-state index contributed by atoms with van der Waals surface area (Å²) in [6, 6.07) is 16.9. The van der Waals surface area contributed by atoms with E-state index < -0.39 is 5.82 Å². The molecule has 0 aliphatic heterocycles. The molecule has 0 saturated heterocycles. The number of nitrogens with two attached hydrogens (primary N) is 1. The number of anilines is 2. The highest BCUT2D eigenvalue weighted by atomic mass is 19.1. The molecule has 9 heteroatoms. The Kier molecular flexibility index (Phi) is 7.62. The average molecular weight is 504 g/mol. The molecule has 0 aliphatic carbocycles. The predicted molar refractivity (Wildman–Crippen MR) is 142 cm³/mol. The van der Waals surface area contributed by atoms with Crippen molar-refractivity contribution in [2.45, 2.75) is 33.4 Å². The Bertz CT molecular complexity index is 1390. The second kappa shape index (κ2) is 11.0. The number of phenolic OH excluding ortho intramolecular Hbond substituents is 1. The van der Waals surface area contributed by atoms with Crippen molar-refractivity contribution in [1.29, 1.82) is 5.41 Å². The molecule has 0 amide bonds. The van der Waals surface area contributed by atoms with Crippen molar-refractivity contribution in [1.82, 2.24) is 9.97 Å². The third kappa shape index (κ3) is 6.00. The first kappa shape index (κ1) is 25.6. The SMILES string of the molecule is CCOc1cc(OC(C)C)c(F)c(N(Cc2nc(-c3cccc(O)c3)c[nH]2)c2ccc(C(=N)N)cc2)c1. The summed E-state index contributed by atoms with van der Waals surface area (Å²) in [4.78, 5) is 9.58. The van der Waals surface area contributed by atoms with Crippen LogP contribution in [0.3, 0.4) is 0 Å². The smallest absolute Gasteiger partial charge is 0.188 e. The molecule has 4 rings (SSSR count). The number of aromatic amines is 1. The summed E-state index contributed by atoms with van der Waals surface area (Å²) in [6.07, 6.45) is 1.50. The van der Waals surface area contributed by atoms with Gasteiger partial charge in [-0.1, -0.05) is 12.1 Å². The van der Waals surface area contributed by atoms with Crippen LogP contribution in [0.2, 0.25) is 0 Å². The number of amidine groups is 1. The highest BCUT2D eigenvalue weighted by Crippen LogP contribution is 2.38. The van der Waals surface area contributed by atoms with Crippen molar-refractivity contribution in [3.8, 4) is 28.5 Å². The normalized spacial score (nSPS) is 10.9. The largest absolute Gasteiger partial charge is 0.508 e. The first-order valence-electron chi connectivity index (χ1n) is 11.9. The Morgan fingerprint density at radius 2 is 1.92 bits per heavy atom. The van der Waals surface area contributed by atoms with E-state index in [4.69, 9.17) is 20.6 Å². The van der Waals surface area contributed by atoms with Crippen molar-refractivity contribution in [3.63, 3.8) is 0 Å². The third-order valence-electron chi connectivity index (χ3n) is 5.53. The number of rotatable bonds is 10. The molecular weight excluding hydrogens is 473 g/mol.